The van der Waals surface area contributed by atoms with Gasteiger partial charge in [0.2, 0.25) is 0 Å². The monoisotopic (exact) mass is 330 g/mol. The molecule has 3 heteroatoms. The van der Waals surface area contributed by atoms with Crippen molar-refractivity contribution in [2.75, 3.05) is 6.61 Å². The molecule has 0 radical (unpaired) electrons. The second-order valence-corrected chi connectivity index (χ2v) is 7.99. The minimum atomic E-state index is -0.179. The second-order valence-electron chi connectivity index (χ2n) is 6.64. The van der Waals surface area contributed by atoms with E-state index < -0.39 is 0 Å². The molecule has 0 aromatic heterocycles. The van der Waals surface area contributed by atoms with E-state index >= 15 is 0 Å². The number of aryl methyl sites for hydroxylation is 1. The van der Waals surface area contributed by atoms with Crippen molar-refractivity contribution in [2.24, 2.45) is 5.92 Å². The maximum absolute atomic E-state index is 12.4. The van der Waals surface area contributed by atoms with E-state index in [1.165, 1.54) is 49.0 Å². The molecular formula is C20H26O2S. The summed E-state index contributed by atoms with van der Waals surface area (Å²) in [6, 6.07) is 6.42. The molecule has 2 saturated carbocycles. The molecule has 2 fully saturated rings. The van der Waals surface area contributed by atoms with Gasteiger partial charge < -0.3 is 4.74 Å². The SMILES string of the molecule is CCOC(=O)/C(=C/C1CCCC1)c1ccc(SC2CC2)c(C)c1. The number of allylic oxidation sites excluding steroid dienone is 1. The molecule has 0 atom stereocenters. The summed E-state index contributed by atoms with van der Waals surface area (Å²) in [5.41, 5.74) is 3.03. The van der Waals surface area contributed by atoms with Gasteiger partial charge in [0, 0.05) is 10.1 Å². The molecule has 0 spiro atoms. The maximum atomic E-state index is 12.4. The second kappa shape index (κ2) is 7.57. The predicted molar refractivity (Wildman–Crippen MR) is 96.6 cm³/mol. The minimum absolute atomic E-state index is 0.179. The van der Waals surface area contributed by atoms with Crippen molar-refractivity contribution in [3.63, 3.8) is 0 Å². The molecule has 0 amide bonds. The van der Waals surface area contributed by atoms with Crippen LogP contribution in [0.5, 0.6) is 0 Å². The molecule has 23 heavy (non-hydrogen) atoms. The van der Waals surface area contributed by atoms with Gasteiger partial charge in [0.1, 0.15) is 0 Å². The van der Waals surface area contributed by atoms with Gasteiger partial charge >= 0.3 is 5.97 Å². The number of carbonyl (C=O) groups is 1. The molecule has 1 aromatic rings. The van der Waals surface area contributed by atoms with Crippen LogP contribution in [0.2, 0.25) is 0 Å². The van der Waals surface area contributed by atoms with Crippen molar-refractivity contribution >= 4 is 23.3 Å². The zero-order chi connectivity index (χ0) is 16.2. The van der Waals surface area contributed by atoms with Gasteiger partial charge in [-0.3, -0.25) is 0 Å². The van der Waals surface area contributed by atoms with Crippen LogP contribution in [0.15, 0.2) is 29.2 Å². The average molecular weight is 330 g/mol. The lowest BCUT2D eigenvalue weighted by atomic mass is 9.97. The molecule has 0 bridgehead atoms. The number of thioether (sulfide) groups is 1. The van der Waals surface area contributed by atoms with Crippen molar-refractivity contribution in [1.29, 1.82) is 0 Å². The molecule has 0 saturated heterocycles. The van der Waals surface area contributed by atoms with E-state index in [1.54, 1.807) is 0 Å². The van der Waals surface area contributed by atoms with Crippen molar-refractivity contribution in [3.8, 4) is 0 Å². The van der Waals surface area contributed by atoms with E-state index in [-0.39, 0.29) is 5.97 Å². The zero-order valence-corrected chi connectivity index (χ0v) is 15.0. The fourth-order valence-electron chi connectivity index (χ4n) is 3.17. The molecule has 2 aliphatic carbocycles. The largest absolute Gasteiger partial charge is 0.462 e. The Hall–Kier alpha value is -1.22. The van der Waals surface area contributed by atoms with Crippen molar-refractivity contribution in [3.05, 3.63) is 35.4 Å². The third-order valence-electron chi connectivity index (χ3n) is 4.60. The lowest BCUT2D eigenvalue weighted by Crippen LogP contribution is -2.08. The Morgan fingerprint density at radius 3 is 2.61 bits per heavy atom. The van der Waals surface area contributed by atoms with E-state index in [0.29, 0.717) is 12.5 Å². The van der Waals surface area contributed by atoms with E-state index in [0.717, 1.165) is 16.4 Å². The number of esters is 1. The fourth-order valence-corrected chi connectivity index (χ4v) is 4.29. The van der Waals surface area contributed by atoms with Gasteiger partial charge in [-0.25, -0.2) is 4.79 Å². The first kappa shape index (κ1) is 16.6. The maximum Gasteiger partial charge on any atom is 0.338 e. The third-order valence-corrected chi connectivity index (χ3v) is 6.12. The van der Waals surface area contributed by atoms with Crippen molar-refractivity contribution < 1.29 is 9.53 Å². The Morgan fingerprint density at radius 1 is 1.26 bits per heavy atom. The standard InChI is InChI=1S/C20H26O2S/c1-3-22-20(21)18(13-15-6-4-5-7-15)16-8-11-19(14(2)12-16)23-17-9-10-17/h8,11-13,15,17H,3-7,9-10H2,1-2H3/b18-13+. The topological polar surface area (TPSA) is 26.3 Å². The van der Waals surface area contributed by atoms with E-state index in [2.05, 4.69) is 31.2 Å². The van der Waals surface area contributed by atoms with Gasteiger partial charge in [0.25, 0.3) is 0 Å². The zero-order valence-electron chi connectivity index (χ0n) is 14.1. The van der Waals surface area contributed by atoms with Crippen LogP contribution in [-0.2, 0) is 9.53 Å². The summed E-state index contributed by atoms with van der Waals surface area (Å²) in [7, 11) is 0. The van der Waals surface area contributed by atoms with Crippen LogP contribution in [0, 0.1) is 12.8 Å². The predicted octanol–water partition coefficient (Wildman–Crippen LogP) is 5.39. The normalized spacial score (nSPS) is 19.1. The van der Waals surface area contributed by atoms with E-state index in [4.69, 9.17) is 4.74 Å². The third kappa shape index (κ3) is 4.41. The minimum Gasteiger partial charge on any atom is -0.462 e. The van der Waals surface area contributed by atoms with Crippen LogP contribution >= 0.6 is 11.8 Å². The first-order valence-corrected chi connectivity index (χ1v) is 9.72. The van der Waals surface area contributed by atoms with Crippen LogP contribution in [0.25, 0.3) is 5.57 Å². The summed E-state index contributed by atoms with van der Waals surface area (Å²) in [4.78, 5) is 13.8. The Bertz CT molecular complexity index is 596. The summed E-state index contributed by atoms with van der Waals surface area (Å²) in [6.07, 6.45) is 9.76. The molecule has 0 N–H and O–H groups in total. The van der Waals surface area contributed by atoms with Crippen LogP contribution in [0.1, 0.15) is 56.6 Å². The number of rotatable bonds is 6. The van der Waals surface area contributed by atoms with Crippen molar-refractivity contribution in [1.82, 2.24) is 0 Å². The first-order valence-electron chi connectivity index (χ1n) is 8.84. The summed E-state index contributed by atoms with van der Waals surface area (Å²) < 4.78 is 5.30. The highest BCUT2D eigenvalue weighted by molar-refractivity contribution is 8.00. The lowest BCUT2D eigenvalue weighted by Gasteiger charge is -2.13. The quantitative estimate of drug-likeness (QED) is 0.517. The Balaban J connectivity index is 1.85. The van der Waals surface area contributed by atoms with Gasteiger partial charge in [-0.15, -0.1) is 11.8 Å². The highest BCUT2D eigenvalue weighted by atomic mass is 32.2. The molecule has 2 nitrogen and oxygen atoms in total. The summed E-state index contributed by atoms with van der Waals surface area (Å²) in [5.74, 6) is 0.344. The Kier molecular flexibility index (Phi) is 5.47. The number of hydrogen-bond acceptors (Lipinski definition) is 3. The summed E-state index contributed by atoms with van der Waals surface area (Å²) >= 11 is 1.97. The summed E-state index contributed by atoms with van der Waals surface area (Å²) in [5, 5.41) is 0.804. The first-order chi connectivity index (χ1) is 11.2. The van der Waals surface area contributed by atoms with Crippen LogP contribution in [0.3, 0.4) is 0 Å². The van der Waals surface area contributed by atoms with Crippen LogP contribution in [0.4, 0.5) is 0 Å². The number of benzene rings is 1. The number of carbonyl (C=O) groups excluding carboxylic acids is 1. The van der Waals surface area contributed by atoms with Gasteiger partial charge in [-0.05, 0) is 62.6 Å². The van der Waals surface area contributed by atoms with Crippen molar-refractivity contribution in [2.45, 2.75) is 62.5 Å². The molecular weight excluding hydrogens is 304 g/mol. The van der Waals surface area contributed by atoms with E-state index in [9.17, 15) is 4.79 Å². The van der Waals surface area contributed by atoms with E-state index in [1.807, 2.05) is 18.7 Å². The van der Waals surface area contributed by atoms with Gasteiger partial charge in [-0.1, -0.05) is 31.1 Å². The molecule has 1 aromatic carbocycles. The Labute approximate surface area is 143 Å². The highest BCUT2D eigenvalue weighted by Gasteiger charge is 2.24. The van der Waals surface area contributed by atoms with Gasteiger partial charge in [0.15, 0.2) is 0 Å². The molecule has 0 unspecified atom stereocenters. The van der Waals surface area contributed by atoms with Crippen LogP contribution in [-0.4, -0.2) is 17.8 Å². The molecule has 0 aliphatic heterocycles. The van der Waals surface area contributed by atoms with Gasteiger partial charge in [-0.2, -0.15) is 0 Å². The smallest absolute Gasteiger partial charge is 0.338 e. The molecule has 3 rings (SSSR count). The number of hydrogen-bond donors (Lipinski definition) is 0. The van der Waals surface area contributed by atoms with Gasteiger partial charge in [0.05, 0.1) is 12.2 Å². The highest BCUT2D eigenvalue weighted by Crippen LogP contribution is 2.41. The molecule has 2 aliphatic rings. The molecule has 124 valence electrons. The molecule has 0 heterocycles. The number of ether oxygens (including phenoxy) is 1. The lowest BCUT2D eigenvalue weighted by molar-refractivity contribution is -0.136. The average Bonchev–Trinajstić information content (AvgIpc) is 3.20. The summed E-state index contributed by atoms with van der Waals surface area (Å²) in [6.45, 7) is 4.44. The Morgan fingerprint density at radius 2 is 2.00 bits per heavy atom. The fraction of sp³-hybridized carbons (Fsp3) is 0.550. The van der Waals surface area contributed by atoms with Crippen LogP contribution < -0.4 is 0 Å².